The van der Waals surface area contributed by atoms with Crippen LogP contribution in [0.2, 0.25) is 0 Å². The van der Waals surface area contributed by atoms with Gasteiger partial charge in [0.15, 0.2) is 23.1 Å². The molecule has 1 saturated heterocycles. The van der Waals surface area contributed by atoms with Crippen molar-refractivity contribution in [2.75, 3.05) is 39.6 Å². The molecule has 2 amide bonds. The van der Waals surface area contributed by atoms with Crippen LogP contribution >= 0.6 is 0 Å². The van der Waals surface area contributed by atoms with E-state index in [4.69, 9.17) is 9.47 Å². The van der Waals surface area contributed by atoms with Crippen molar-refractivity contribution >= 4 is 23.4 Å². The summed E-state index contributed by atoms with van der Waals surface area (Å²) in [6, 6.07) is 15.5. The topological polar surface area (TPSA) is 125 Å². The normalized spacial score (nSPS) is 16.8. The number of fused-ring (bicyclic) bond motifs is 3. The summed E-state index contributed by atoms with van der Waals surface area (Å²) >= 11 is 0. The molecule has 3 aromatic carbocycles. The van der Waals surface area contributed by atoms with Gasteiger partial charge in [0.25, 0.3) is 5.91 Å². The van der Waals surface area contributed by atoms with Gasteiger partial charge in [-0.15, -0.1) is 0 Å². The summed E-state index contributed by atoms with van der Waals surface area (Å²) in [5.41, 5.74) is 2.20. The molecule has 3 aromatic rings. The van der Waals surface area contributed by atoms with E-state index >= 15 is 0 Å². The minimum absolute atomic E-state index is 0.124. The van der Waals surface area contributed by atoms with Gasteiger partial charge in [-0.2, -0.15) is 0 Å². The predicted octanol–water partition coefficient (Wildman–Crippen LogP) is 1.63. The Balaban J connectivity index is 1.08. The number of piperazine rings is 1. The second-order valence-corrected chi connectivity index (χ2v) is 9.96. The van der Waals surface area contributed by atoms with E-state index < -0.39 is 18.6 Å². The van der Waals surface area contributed by atoms with Crippen LogP contribution in [0, 0.1) is 0 Å². The van der Waals surface area contributed by atoms with E-state index in [2.05, 4.69) is 10.2 Å². The molecule has 1 atom stereocenters. The van der Waals surface area contributed by atoms with Crippen LogP contribution < -0.4 is 14.8 Å². The molecule has 2 heterocycles. The third-order valence-corrected chi connectivity index (χ3v) is 7.50. The number of carbonyl (C=O) groups is 4. The van der Waals surface area contributed by atoms with Crippen LogP contribution in [0.15, 0.2) is 60.7 Å². The number of nitrogens with one attached hydrogen (secondary N) is 1. The Morgan fingerprint density at radius 3 is 2.23 bits per heavy atom. The third kappa shape index (κ3) is 4.72. The highest BCUT2D eigenvalue weighted by molar-refractivity contribution is 6.28. The first kappa shape index (κ1) is 25.7. The summed E-state index contributed by atoms with van der Waals surface area (Å²) in [6.45, 7) is 2.51. The Hall–Kier alpha value is -4.54. The van der Waals surface area contributed by atoms with Crippen molar-refractivity contribution in [2.45, 2.75) is 12.6 Å². The largest absolute Gasteiger partial charge is 0.454 e. The highest BCUT2D eigenvalue weighted by atomic mass is 16.7. The van der Waals surface area contributed by atoms with E-state index in [1.54, 1.807) is 29.2 Å². The first-order valence-corrected chi connectivity index (χ1v) is 13.1. The summed E-state index contributed by atoms with van der Waals surface area (Å²) in [5, 5.41) is 12.5. The molecule has 2 aliphatic heterocycles. The standard InChI is InChI=1S/C30H27N3O7/c34-16-24(30(38)33-11-9-32(10-12-33)15-18-5-8-25-26(13-18)40-17-39-25)31-29(37)19-6-7-22-23(14-19)28(36)21-4-2-1-3-20(21)27(22)35/h1-8,13-14,24,34H,9-12,15-17H2,(H,31,37)/t24-/m0/s1. The van der Waals surface area contributed by atoms with Gasteiger partial charge in [0, 0.05) is 60.5 Å². The summed E-state index contributed by atoms with van der Waals surface area (Å²) in [4.78, 5) is 55.9. The van der Waals surface area contributed by atoms with Crippen molar-refractivity contribution < 1.29 is 33.8 Å². The van der Waals surface area contributed by atoms with Crippen molar-refractivity contribution in [3.63, 3.8) is 0 Å². The number of benzene rings is 3. The molecule has 0 saturated carbocycles. The van der Waals surface area contributed by atoms with E-state index in [1.807, 2.05) is 18.2 Å². The quantitative estimate of drug-likeness (QED) is 0.377. The fraction of sp³-hybridized carbons (Fsp3) is 0.267. The summed E-state index contributed by atoms with van der Waals surface area (Å²) in [5.74, 6) is -0.149. The van der Waals surface area contributed by atoms with Crippen molar-refractivity contribution in [3.05, 3.63) is 94.0 Å². The van der Waals surface area contributed by atoms with Gasteiger partial charge >= 0.3 is 0 Å². The number of ketones is 2. The summed E-state index contributed by atoms with van der Waals surface area (Å²) in [7, 11) is 0. The average molecular weight is 542 g/mol. The zero-order valence-corrected chi connectivity index (χ0v) is 21.6. The molecular weight excluding hydrogens is 514 g/mol. The molecule has 10 nitrogen and oxygen atoms in total. The zero-order valence-electron chi connectivity index (χ0n) is 21.6. The van der Waals surface area contributed by atoms with Gasteiger partial charge in [-0.1, -0.05) is 30.3 Å². The van der Waals surface area contributed by atoms with Crippen LogP contribution in [-0.2, 0) is 11.3 Å². The molecule has 1 aliphatic carbocycles. The van der Waals surface area contributed by atoms with E-state index in [9.17, 15) is 24.3 Å². The highest BCUT2D eigenvalue weighted by Crippen LogP contribution is 2.33. The third-order valence-electron chi connectivity index (χ3n) is 7.50. The second kappa shape index (κ2) is 10.6. The van der Waals surface area contributed by atoms with Gasteiger partial charge in [-0.3, -0.25) is 24.1 Å². The minimum atomic E-state index is -1.14. The molecule has 10 heteroatoms. The molecule has 3 aliphatic rings. The molecule has 0 spiro atoms. The van der Waals surface area contributed by atoms with Crippen LogP contribution in [0.25, 0.3) is 0 Å². The molecule has 2 N–H and O–H groups in total. The Bertz CT molecular complexity index is 1530. The number of nitrogens with zero attached hydrogens (tertiary/aromatic N) is 2. The number of aliphatic hydroxyl groups is 1. The van der Waals surface area contributed by atoms with Crippen molar-refractivity contribution in [2.24, 2.45) is 0 Å². The number of carbonyl (C=O) groups excluding carboxylic acids is 4. The van der Waals surface area contributed by atoms with Crippen LogP contribution in [-0.4, -0.2) is 83.9 Å². The Morgan fingerprint density at radius 2 is 1.50 bits per heavy atom. The van der Waals surface area contributed by atoms with Crippen molar-refractivity contribution in [1.29, 1.82) is 0 Å². The van der Waals surface area contributed by atoms with Crippen molar-refractivity contribution in [3.8, 4) is 11.5 Å². The molecular formula is C30H27N3O7. The molecule has 1 fully saturated rings. The van der Waals surface area contributed by atoms with Gasteiger partial charge < -0.3 is 24.8 Å². The first-order chi connectivity index (χ1) is 19.4. The number of rotatable bonds is 6. The Kier molecular flexibility index (Phi) is 6.79. The zero-order chi connectivity index (χ0) is 27.8. The number of hydrogen-bond donors (Lipinski definition) is 2. The van der Waals surface area contributed by atoms with Gasteiger partial charge in [0.2, 0.25) is 12.7 Å². The smallest absolute Gasteiger partial charge is 0.252 e. The number of hydrogen-bond acceptors (Lipinski definition) is 8. The van der Waals surface area contributed by atoms with E-state index in [1.165, 1.54) is 18.2 Å². The molecule has 0 bridgehead atoms. The molecule has 0 radical (unpaired) electrons. The maximum absolute atomic E-state index is 13.2. The lowest BCUT2D eigenvalue weighted by molar-refractivity contribution is -0.136. The number of amides is 2. The molecule has 6 rings (SSSR count). The molecule has 0 aromatic heterocycles. The van der Waals surface area contributed by atoms with Gasteiger partial charge in [-0.05, 0) is 35.9 Å². The second-order valence-electron chi connectivity index (χ2n) is 9.96. The number of ether oxygens (including phenoxy) is 2. The molecule has 40 heavy (non-hydrogen) atoms. The lowest BCUT2D eigenvalue weighted by atomic mass is 9.83. The van der Waals surface area contributed by atoms with Crippen LogP contribution in [0.5, 0.6) is 11.5 Å². The summed E-state index contributed by atoms with van der Waals surface area (Å²) in [6.07, 6.45) is 0. The van der Waals surface area contributed by atoms with Crippen LogP contribution in [0.3, 0.4) is 0 Å². The molecule has 0 unspecified atom stereocenters. The SMILES string of the molecule is O=C(N[C@@H](CO)C(=O)N1CCN(Cc2ccc3c(c2)OCO3)CC1)c1ccc2c(c1)C(=O)c1ccccc1C2=O. The van der Waals surface area contributed by atoms with E-state index in [-0.39, 0.29) is 41.0 Å². The summed E-state index contributed by atoms with van der Waals surface area (Å²) < 4.78 is 10.8. The first-order valence-electron chi connectivity index (χ1n) is 13.1. The highest BCUT2D eigenvalue weighted by Gasteiger charge is 2.32. The average Bonchev–Trinajstić information content (AvgIpc) is 3.46. The maximum atomic E-state index is 13.2. The Morgan fingerprint density at radius 1 is 0.825 bits per heavy atom. The minimum Gasteiger partial charge on any atom is -0.454 e. The molecule has 204 valence electrons. The van der Waals surface area contributed by atoms with E-state index in [0.29, 0.717) is 43.9 Å². The van der Waals surface area contributed by atoms with Gasteiger partial charge in [-0.25, -0.2) is 0 Å². The number of aliphatic hydroxyl groups excluding tert-OH is 1. The Labute approximate surface area is 230 Å². The van der Waals surface area contributed by atoms with E-state index in [0.717, 1.165) is 17.1 Å². The van der Waals surface area contributed by atoms with Crippen molar-refractivity contribution in [1.82, 2.24) is 15.1 Å². The van der Waals surface area contributed by atoms with Gasteiger partial charge in [0.05, 0.1) is 6.61 Å². The lowest BCUT2D eigenvalue weighted by Gasteiger charge is -2.36. The predicted molar refractivity (Wildman–Crippen MR) is 143 cm³/mol. The van der Waals surface area contributed by atoms with Gasteiger partial charge in [0.1, 0.15) is 6.04 Å². The monoisotopic (exact) mass is 541 g/mol. The fourth-order valence-electron chi connectivity index (χ4n) is 5.31. The fourth-order valence-corrected chi connectivity index (χ4v) is 5.31. The van der Waals surface area contributed by atoms with Crippen LogP contribution in [0.1, 0.15) is 47.8 Å². The lowest BCUT2D eigenvalue weighted by Crippen LogP contribution is -2.55. The van der Waals surface area contributed by atoms with Crippen LogP contribution in [0.4, 0.5) is 0 Å². The maximum Gasteiger partial charge on any atom is 0.252 e.